The zero-order valence-corrected chi connectivity index (χ0v) is 11.4. The molecule has 0 saturated carbocycles. The maximum Gasteiger partial charge on any atom is 0.313 e. The highest BCUT2D eigenvalue weighted by Crippen LogP contribution is 2.24. The molecule has 4 N–H and O–H groups in total. The highest BCUT2D eigenvalue weighted by molar-refractivity contribution is 5.88. The number of benzene rings is 1. The third-order valence-electron chi connectivity index (χ3n) is 3.40. The largest absolute Gasteiger partial charge is 0.481 e. The lowest BCUT2D eigenvalue weighted by molar-refractivity contribution is -0.146. The van der Waals surface area contributed by atoms with Crippen molar-refractivity contribution in [3.8, 4) is 0 Å². The molecular weight excluding hydrogens is 274 g/mol. The number of rotatable bonds is 5. The van der Waals surface area contributed by atoms with Crippen molar-refractivity contribution >= 4 is 17.9 Å². The molecule has 1 atom stereocenters. The average Bonchev–Trinajstić information content (AvgIpc) is 2.39. The van der Waals surface area contributed by atoms with E-state index in [1.165, 1.54) is 4.90 Å². The number of carboxylic acids is 1. The Morgan fingerprint density at radius 2 is 1.90 bits per heavy atom. The van der Waals surface area contributed by atoms with Crippen LogP contribution in [0.5, 0.6) is 0 Å². The lowest BCUT2D eigenvalue weighted by atomic mass is 9.94. The first-order valence-electron chi connectivity index (χ1n) is 6.59. The van der Waals surface area contributed by atoms with Gasteiger partial charge in [-0.2, -0.15) is 0 Å². The molecule has 1 fully saturated rings. The van der Waals surface area contributed by atoms with Crippen LogP contribution in [-0.2, 0) is 9.59 Å². The smallest absolute Gasteiger partial charge is 0.313 e. The molecule has 3 amide bonds. The summed E-state index contributed by atoms with van der Waals surface area (Å²) >= 11 is 0. The molecule has 21 heavy (non-hydrogen) atoms. The van der Waals surface area contributed by atoms with Crippen LogP contribution in [0.4, 0.5) is 4.79 Å². The number of nitrogens with zero attached hydrogens (tertiary/aromatic N) is 1. The number of carbonyl (C=O) groups excluding carboxylic acids is 2. The van der Waals surface area contributed by atoms with E-state index in [0.29, 0.717) is 18.7 Å². The van der Waals surface area contributed by atoms with Crippen LogP contribution < -0.4 is 11.1 Å². The minimum absolute atomic E-state index is 0.0311. The van der Waals surface area contributed by atoms with Gasteiger partial charge in [0.25, 0.3) is 0 Å². The van der Waals surface area contributed by atoms with E-state index in [4.69, 9.17) is 10.8 Å². The van der Waals surface area contributed by atoms with Gasteiger partial charge in [-0.1, -0.05) is 30.3 Å². The molecule has 112 valence electrons. The van der Waals surface area contributed by atoms with E-state index >= 15 is 0 Å². The second-order valence-electron chi connectivity index (χ2n) is 5.06. The number of urea groups is 1. The van der Waals surface area contributed by atoms with Crippen molar-refractivity contribution in [2.75, 3.05) is 13.1 Å². The van der Waals surface area contributed by atoms with E-state index < -0.39 is 18.0 Å². The molecular formula is C14H17N3O4. The van der Waals surface area contributed by atoms with E-state index in [0.717, 1.165) is 0 Å². The van der Waals surface area contributed by atoms with Crippen LogP contribution in [0.25, 0.3) is 0 Å². The first-order valence-corrected chi connectivity index (χ1v) is 6.59. The third-order valence-corrected chi connectivity index (χ3v) is 3.40. The molecule has 1 heterocycles. The summed E-state index contributed by atoms with van der Waals surface area (Å²) in [4.78, 5) is 35.6. The summed E-state index contributed by atoms with van der Waals surface area (Å²) in [7, 11) is 0. The SMILES string of the molecule is NC(=O)NC(C(=O)N1CC(CC(=O)O)C1)c1ccccc1. The van der Waals surface area contributed by atoms with E-state index in [1.54, 1.807) is 24.3 Å². The Balaban J connectivity index is 2.03. The Morgan fingerprint density at radius 1 is 1.29 bits per heavy atom. The molecule has 0 aromatic heterocycles. The minimum atomic E-state index is -0.873. The molecule has 0 radical (unpaired) electrons. The maximum absolute atomic E-state index is 12.4. The number of hydrogen-bond acceptors (Lipinski definition) is 3. The van der Waals surface area contributed by atoms with Gasteiger partial charge in [0, 0.05) is 19.0 Å². The van der Waals surface area contributed by atoms with Crippen LogP contribution >= 0.6 is 0 Å². The Kier molecular flexibility index (Phi) is 4.42. The summed E-state index contributed by atoms with van der Waals surface area (Å²) in [6.07, 6.45) is 0.0447. The van der Waals surface area contributed by atoms with Crippen LogP contribution in [0.3, 0.4) is 0 Å². The first kappa shape index (κ1) is 14.8. The van der Waals surface area contributed by atoms with Crippen LogP contribution in [-0.4, -0.2) is 41.0 Å². The van der Waals surface area contributed by atoms with Gasteiger partial charge in [0.15, 0.2) is 0 Å². The van der Waals surface area contributed by atoms with Gasteiger partial charge in [-0.25, -0.2) is 4.79 Å². The molecule has 1 saturated heterocycles. The van der Waals surface area contributed by atoms with Gasteiger partial charge in [-0.05, 0) is 5.56 Å². The zero-order chi connectivity index (χ0) is 15.4. The van der Waals surface area contributed by atoms with Gasteiger partial charge in [-0.15, -0.1) is 0 Å². The molecule has 1 unspecified atom stereocenters. The topological polar surface area (TPSA) is 113 Å². The van der Waals surface area contributed by atoms with Crippen LogP contribution in [0, 0.1) is 5.92 Å². The number of primary amides is 1. The number of amides is 3. The Morgan fingerprint density at radius 3 is 2.43 bits per heavy atom. The monoisotopic (exact) mass is 291 g/mol. The van der Waals surface area contributed by atoms with Crippen molar-refractivity contribution in [3.05, 3.63) is 35.9 Å². The van der Waals surface area contributed by atoms with E-state index in [9.17, 15) is 14.4 Å². The van der Waals surface area contributed by atoms with Crippen molar-refractivity contribution in [1.29, 1.82) is 0 Å². The fourth-order valence-electron chi connectivity index (χ4n) is 2.38. The Bertz CT molecular complexity index is 540. The maximum atomic E-state index is 12.4. The first-order chi connectivity index (χ1) is 9.97. The third kappa shape index (κ3) is 3.71. The predicted molar refractivity (Wildman–Crippen MR) is 74.2 cm³/mol. The molecule has 1 aliphatic rings. The van der Waals surface area contributed by atoms with Gasteiger partial charge in [0.05, 0.1) is 6.42 Å². The summed E-state index contributed by atoms with van der Waals surface area (Å²) < 4.78 is 0. The van der Waals surface area contributed by atoms with Crippen molar-refractivity contribution in [3.63, 3.8) is 0 Å². The molecule has 7 nitrogen and oxygen atoms in total. The molecule has 0 spiro atoms. The molecule has 2 rings (SSSR count). The number of carbonyl (C=O) groups is 3. The fourth-order valence-corrected chi connectivity index (χ4v) is 2.38. The number of nitrogens with one attached hydrogen (secondary N) is 1. The second-order valence-corrected chi connectivity index (χ2v) is 5.06. The van der Waals surface area contributed by atoms with Gasteiger partial charge < -0.3 is 21.1 Å². The lowest BCUT2D eigenvalue weighted by Gasteiger charge is -2.40. The van der Waals surface area contributed by atoms with Gasteiger partial charge >= 0.3 is 12.0 Å². The number of likely N-dealkylation sites (tertiary alicyclic amines) is 1. The number of carboxylic acid groups (broad SMARTS) is 1. The fraction of sp³-hybridized carbons (Fsp3) is 0.357. The molecule has 0 aliphatic carbocycles. The molecule has 1 aliphatic heterocycles. The van der Waals surface area contributed by atoms with Crippen LogP contribution in [0.2, 0.25) is 0 Å². The van der Waals surface area contributed by atoms with E-state index in [1.807, 2.05) is 6.07 Å². The van der Waals surface area contributed by atoms with Gasteiger partial charge in [-0.3, -0.25) is 9.59 Å². The molecule has 1 aromatic rings. The van der Waals surface area contributed by atoms with Crippen molar-refractivity contribution in [2.45, 2.75) is 12.5 Å². The standard InChI is InChI=1S/C14H17N3O4/c15-14(21)16-12(10-4-2-1-3-5-10)13(20)17-7-9(8-17)6-11(18)19/h1-5,9,12H,6-8H2,(H,18,19)(H3,15,16,21). The van der Waals surface area contributed by atoms with Crippen molar-refractivity contribution in [2.24, 2.45) is 11.7 Å². The molecule has 1 aromatic carbocycles. The molecule has 0 bridgehead atoms. The van der Waals surface area contributed by atoms with Gasteiger partial charge in [0.1, 0.15) is 6.04 Å². The Hall–Kier alpha value is -2.57. The number of hydrogen-bond donors (Lipinski definition) is 3. The zero-order valence-electron chi connectivity index (χ0n) is 11.4. The highest BCUT2D eigenvalue weighted by atomic mass is 16.4. The minimum Gasteiger partial charge on any atom is -0.481 e. The normalized spacial score (nSPS) is 15.9. The van der Waals surface area contributed by atoms with Crippen molar-refractivity contribution < 1.29 is 19.5 Å². The van der Waals surface area contributed by atoms with Crippen LogP contribution in [0.15, 0.2) is 30.3 Å². The summed E-state index contributed by atoms with van der Waals surface area (Å²) in [6, 6.07) is 7.18. The summed E-state index contributed by atoms with van der Waals surface area (Å²) in [6.45, 7) is 0.768. The molecule has 7 heteroatoms. The summed E-state index contributed by atoms with van der Waals surface area (Å²) in [5.74, 6) is -1.18. The lowest BCUT2D eigenvalue weighted by Crippen LogP contribution is -2.54. The predicted octanol–water partition coefficient (Wildman–Crippen LogP) is 0.329. The van der Waals surface area contributed by atoms with Gasteiger partial charge in [0.2, 0.25) is 5.91 Å². The second kappa shape index (κ2) is 6.25. The number of nitrogens with two attached hydrogens (primary N) is 1. The van der Waals surface area contributed by atoms with E-state index in [-0.39, 0.29) is 18.2 Å². The summed E-state index contributed by atoms with van der Waals surface area (Å²) in [5, 5.41) is 11.1. The van der Waals surface area contributed by atoms with Crippen molar-refractivity contribution in [1.82, 2.24) is 10.2 Å². The van der Waals surface area contributed by atoms with Crippen LogP contribution in [0.1, 0.15) is 18.0 Å². The van der Waals surface area contributed by atoms with E-state index in [2.05, 4.69) is 5.32 Å². The highest BCUT2D eigenvalue weighted by Gasteiger charge is 2.36. The number of aliphatic carboxylic acids is 1. The Labute approximate surface area is 121 Å². The summed E-state index contributed by atoms with van der Waals surface area (Å²) in [5.41, 5.74) is 5.76. The average molecular weight is 291 g/mol. The quantitative estimate of drug-likeness (QED) is 0.725.